The van der Waals surface area contributed by atoms with Crippen molar-refractivity contribution < 1.29 is 14.7 Å². The van der Waals surface area contributed by atoms with E-state index in [1.807, 2.05) is 4.90 Å². The Morgan fingerprint density at radius 3 is 2.36 bits per heavy atom. The fourth-order valence-corrected chi connectivity index (χ4v) is 5.37. The van der Waals surface area contributed by atoms with Crippen molar-refractivity contribution in [3.8, 4) is 11.4 Å². The van der Waals surface area contributed by atoms with Crippen molar-refractivity contribution in [2.24, 2.45) is 11.3 Å². The number of carbonyl (C=O) groups excluding carboxylic acids is 1. The number of urea groups is 1. The van der Waals surface area contributed by atoms with Crippen molar-refractivity contribution in [1.29, 1.82) is 0 Å². The van der Waals surface area contributed by atoms with Crippen LogP contribution in [0.25, 0.3) is 11.4 Å². The third-order valence-electron chi connectivity index (χ3n) is 7.31. The molecule has 1 saturated carbocycles. The summed E-state index contributed by atoms with van der Waals surface area (Å²) in [6, 6.07) is 3.11. The van der Waals surface area contributed by atoms with E-state index in [4.69, 9.17) is 0 Å². The predicted octanol–water partition coefficient (Wildman–Crippen LogP) is 4.90. The van der Waals surface area contributed by atoms with Gasteiger partial charge < -0.3 is 15.3 Å². The van der Waals surface area contributed by atoms with E-state index < -0.39 is 5.97 Å². The summed E-state index contributed by atoms with van der Waals surface area (Å²) in [6.45, 7) is 8.21. The van der Waals surface area contributed by atoms with Gasteiger partial charge in [-0.05, 0) is 65.8 Å². The molecule has 0 unspecified atom stereocenters. The van der Waals surface area contributed by atoms with Gasteiger partial charge in [-0.1, -0.05) is 40.0 Å². The third kappa shape index (κ3) is 5.02. The number of H-pyrrole nitrogens is 1. The van der Waals surface area contributed by atoms with E-state index in [-0.39, 0.29) is 28.8 Å². The predicted molar refractivity (Wildman–Crippen MR) is 125 cm³/mol. The summed E-state index contributed by atoms with van der Waals surface area (Å²) in [7, 11) is 0. The van der Waals surface area contributed by atoms with Gasteiger partial charge in [0, 0.05) is 24.3 Å². The quantitative estimate of drug-likeness (QED) is 0.603. The molecule has 9 heteroatoms. The van der Waals surface area contributed by atoms with Gasteiger partial charge >= 0.3 is 12.0 Å². The first kappa shape index (κ1) is 23.2. The van der Waals surface area contributed by atoms with E-state index in [9.17, 15) is 14.7 Å². The van der Waals surface area contributed by atoms with Crippen LogP contribution in [0.2, 0.25) is 0 Å². The Morgan fingerprint density at radius 1 is 1.09 bits per heavy atom. The second-order valence-electron chi connectivity index (χ2n) is 10.4. The number of nitrogens with one attached hydrogen (secondary N) is 2. The molecular weight excluding hydrogens is 420 g/mol. The van der Waals surface area contributed by atoms with Gasteiger partial charge in [-0.25, -0.2) is 9.59 Å². The number of carbonyl (C=O) groups is 2. The minimum Gasteiger partial charge on any atom is -0.478 e. The van der Waals surface area contributed by atoms with Gasteiger partial charge in [0.15, 0.2) is 0 Å². The van der Waals surface area contributed by atoms with Crippen molar-refractivity contribution in [2.45, 2.75) is 71.6 Å². The highest BCUT2D eigenvalue weighted by Gasteiger charge is 2.32. The molecule has 0 spiro atoms. The lowest BCUT2D eigenvalue weighted by atomic mass is 9.75. The Balaban J connectivity index is 1.66. The van der Waals surface area contributed by atoms with Crippen molar-refractivity contribution >= 4 is 17.7 Å². The maximum atomic E-state index is 13.2. The van der Waals surface area contributed by atoms with E-state index in [0.29, 0.717) is 17.2 Å². The number of hydrogen-bond acceptors (Lipinski definition) is 5. The lowest BCUT2D eigenvalue weighted by Gasteiger charge is -2.38. The van der Waals surface area contributed by atoms with E-state index in [2.05, 4.69) is 46.7 Å². The normalized spacial score (nSPS) is 18.3. The number of aromatic carboxylic acids is 1. The Bertz CT molecular complexity index is 984. The number of hydrogen-bond donors (Lipinski definition) is 3. The summed E-state index contributed by atoms with van der Waals surface area (Å²) in [5.74, 6) is -0.0726. The maximum absolute atomic E-state index is 13.2. The molecule has 4 rings (SSSR count). The highest BCUT2D eigenvalue weighted by molar-refractivity contribution is 5.99. The molecule has 2 heterocycles. The van der Waals surface area contributed by atoms with Crippen LogP contribution in [-0.4, -0.2) is 55.7 Å². The van der Waals surface area contributed by atoms with Gasteiger partial charge in [0.1, 0.15) is 0 Å². The zero-order chi connectivity index (χ0) is 23.6. The largest absolute Gasteiger partial charge is 0.478 e. The lowest BCUT2D eigenvalue weighted by Crippen LogP contribution is -2.43. The molecule has 2 amide bonds. The van der Waals surface area contributed by atoms with Crippen LogP contribution in [0, 0.1) is 11.3 Å². The Labute approximate surface area is 194 Å². The molecular formula is C24H34N6O3. The number of benzene rings is 1. The molecule has 3 N–H and O–H groups in total. The number of aromatic amines is 1. The fourth-order valence-electron chi connectivity index (χ4n) is 5.37. The number of nitrogens with zero attached hydrogens (tertiary/aromatic N) is 4. The molecule has 9 nitrogen and oxygen atoms in total. The fraction of sp³-hybridized carbons (Fsp3) is 0.625. The van der Waals surface area contributed by atoms with Gasteiger partial charge in [-0.3, -0.25) is 0 Å². The molecule has 1 saturated heterocycles. The van der Waals surface area contributed by atoms with E-state index >= 15 is 0 Å². The standard InChI is InChI=1S/C24H34N6O3/c1-24(2,3)16-11-13-30(14-12-16)23(33)25-18-10-9-17(22(31)32)20(21-26-28-29-27-21)19(18)15-7-5-4-6-8-15/h9-10,15-16H,4-8,11-14H2,1-3H3,(H,25,33)(H,31,32)(H,26,27,28,29). The summed E-state index contributed by atoms with van der Waals surface area (Å²) in [6.07, 6.45) is 7.15. The molecule has 0 atom stereocenters. The highest BCUT2D eigenvalue weighted by atomic mass is 16.4. The number of tetrazole rings is 1. The first-order chi connectivity index (χ1) is 15.8. The summed E-state index contributed by atoms with van der Waals surface area (Å²) in [5.41, 5.74) is 2.28. The minimum atomic E-state index is -1.05. The van der Waals surface area contributed by atoms with Crippen molar-refractivity contribution in [1.82, 2.24) is 25.5 Å². The summed E-state index contributed by atoms with van der Waals surface area (Å²) in [4.78, 5) is 27.2. The molecule has 2 aliphatic rings. The lowest BCUT2D eigenvalue weighted by molar-refractivity contribution is 0.0697. The molecule has 1 aromatic carbocycles. The molecule has 0 radical (unpaired) electrons. The zero-order valence-electron chi connectivity index (χ0n) is 19.7. The van der Waals surface area contributed by atoms with Crippen LogP contribution in [0.4, 0.5) is 10.5 Å². The number of aromatic nitrogens is 4. The number of piperidine rings is 1. The maximum Gasteiger partial charge on any atom is 0.336 e. The van der Waals surface area contributed by atoms with Gasteiger partial charge in [0.25, 0.3) is 0 Å². The van der Waals surface area contributed by atoms with Gasteiger partial charge in [0.2, 0.25) is 5.82 Å². The van der Waals surface area contributed by atoms with E-state index in [1.165, 1.54) is 6.07 Å². The third-order valence-corrected chi connectivity index (χ3v) is 7.31. The number of anilines is 1. The first-order valence-electron chi connectivity index (χ1n) is 12.0. The zero-order valence-corrected chi connectivity index (χ0v) is 19.7. The van der Waals surface area contributed by atoms with E-state index in [1.54, 1.807) is 6.07 Å². The van der Waals surface area contributed by atoms with Gasteiger partial charge in [0.05, 0.1) is 5.56 Å². The second-order valence-corrected chi connectivity index (χ2v) is 10.4. The average molecular weight is 455 g/mol. The van der Waals surface area contributed by atoms with Crippen LogP contribution in [0.5, 0.6) is 0 Å². The van der Waals surface area contributed by atoms with Crippen LogP contribution >= 0.6 is 0 Å². The smallest absolute Gasteiger partial charge is 0.336 e. The number of likely N-dealkylation sites (tertiary alicyclic amines) is 1. The van der Waals surface area contributed by atoms with Crippen LogP contribution in [-0.2, 0) is 0 Å². The molecule has 2 aromatic rings. The van der Waals surface area contributed by atoms with Crippen LogP contribution in [0.1, 0.15) is 87.6 Å². The van der Waals surface area contributed by atoms with Crippen LogP contribution in [0.15, 0.2) is 12.1 Å². The molecule has 0 bridgehead atoms. The molecule has 1 aliphatic heterocycles. The van der Waals surface area contributed by atoms with Crippen LogP contribution in [0.3, 0.4) is 0 Å². The van der Waals surface area contributed by atoms with Crippen molar-refractivity contribution in [3.05, 3.63) is 23.3 Å². The average Bonchev–Trinajstić information content (AvgIpc) is 3.33. The Morgan fingerprint density at radius 2 is 1.79 bits per heavy atom. The molecule has 1 aliphatic carbocycles. The molecule has 178 valence electrons. The second kappa shape index (κ2) is 9.49. The molecule has 2 fully saturated rings. The van der Waals surface area contributed by atoms with Crippen molar-refractivity contribution in [3.63, 3.8) is 0 Å². The topological polar surface area (TPSA) is 124 Å². The SMILES string of the molecule is CC(C)(C)C1CCN(C(=O)Nc2ccc(C(=O)O)c(-c3nn[nH]n3)c2C2CCCCC2)CC1. The Kier molecular flexibility index (Phi) is 6.67. The summed E-state index contributed by atoms with van der Waals surface area (Å²) >= 11 is 0. The Hall–Kier alpha value is -2.97. The number of carboxylic acid groups (broad SMARTS) is 1. The molecule has 33 heavy (non-hydrogen) atoms. The monoisotopic (exact) mass is 454 g/mol. The molecule has 1 aromatic heterocycles. The number of amides is 2. The van der Waals surface area contributed by atoms with Gasteiger partial charge in [-0.15, -0.1) is 10.2 Å². The van der Waals surface area contributed by atoms with Gasteiger partial charge in [-0.2, -0.15) is 5.21 Å². The van der Waals surface area contributed by atoms with Crippen molar-refractivity contribution in [2.75, 3.05) is 18.4 Å². The number of rotatable bonds is 4. The summed E-state index contributed by atoms with van der Waals surface area (Å²) < 4.78 is 0. The number of carboxylic acids is 1. The minimum absolute atomic E-state index is 0.126. The first-order valence-corrected chi connectivity index (χ1v) is 12.0. The van der Waals surface area contributed by atoms with E-state index in [0.717, 1.165) is 63.6 Å². The highest BCUT2D eigenvalue weighted by Crippen LogP contribution is 2.43. The summed E-state index contributed by atoms with van der Waals surface area (Å²) in [5, 5.41) is 27.3. The van der Waals surface area contributed by atoms with Crippen LogP contribution < -0.4 is 5.32 Å².